The molecule has 0 aromatic heterocycles. The second kappa shape index (κ2) is 6.02. The molecule has 2 atom stereocenters. The van der Waals surface area contributed by atoms with Crippen molar-refractivity contribution in [2.75, 3.05) is 6.54 Å². The number of fused-ring (bicyclic) bond motifs is 1. The maximum atomic E-state index is 3.98. The molecule has 17 heavy (non-hydrogen) atoms. The monoisotopic (exact) mass is 229 g/mol. The van der Waals surface area contributed by atoms with Crippen LogP contribution in [0.15, 0.2) is 36.9 Å². The molecule has 0 aliphatic heterocycles. The molecule has 0 saturated carbocycles. The molecule has 0 radical (unpaired) electrons. The van der Waals surface area contributed by atoms with Crippen molar-refractivity contribution in [1.82, 2.24) is 5.32 Å². The van der Waals surface area contributed by atoms with E-state index >= 15 is 0 Å². The van der Waals surface area contributed by atoms with E-state index in [0.29, 0.717) is 12.0 Å². The molecule has 0 bridgehead atoms. The molecule has 1 aliphatic rings. The SMILES string of the molecule is C=CC(NCCC)C1CCc2ccccc2C1. The second-order valence-electron chi connectivity index (χ2n) is 4.99. The molecule has 2 unspecified atom stereocenters. The van der Waals surface area contributed by atoms with Crippen molar-refractivity contribution >= 4 is 0 Å². The Balaban J connectivity index is 2.02. The number of hydrogen-bond acceptors (Lipinski definition) is 1. The Labute approximate surface area is 105 Å². The zero-order valence-electron chi connectivity index (χ0n) is 10.8. The molecule has 1 aliphatic carbocycles. The van der Waals surface area contributed by atoms with E-state index in [2.05, 4.69) is 49.2 Å². The molecular formula is C16H23N. The third-order valence-electron chi connectivity index (χ3n) is 3.78. The first-order valence-electron chi connectivity index (χ1n) is 6.78. The Kier molecular flexibility index (Phi) is 4.38. The number of rotatable bonds is 5. The van der Waals surface area contributed by atoms with Crippen molar-refractivity contribution in [2.45, 2.75) is 38.6 Å². The maximum absolute atomic E-state index is 3.98. The lowest BCUT2D eigenvalue weighted by Gasteiger charge is -2.30. The van der Waals surface area contributed by atoms with Gasteiger partial charge < -0.3 is 5.32 Å². The van der Waals surface area contributed by atoms with Gasteiger partial charge in [0.25, 0.3) is 0 Å². The minimum absolute atomic E-state index is 0.475. The smallest absolute Gasteiger partial charge is 0.0278 e. The molecule has 0 saturated heterocycles. The molecule has 0 heterocycles. The van der Waals surface area contributed by atoms with Crippen LogP contribution in [0.2, 0.25) is 0 Å². The van der Waals surface area contributed by atoms with Crippen molar-refractivity contribution in [3.05, 3.63) is 48.0 Å². The van der Waals surface area contributed by atoms with E-state index in [9.17, 15) is 0 Å². The standard InChI is InChI=1S/C16H23N/c1-3-11-17-16(4-2)15-10-9-13-7-5-6-8-14(13)12-15/h4-8,15-17H,2-3,9-12H2,1H3. The second-order valence-corrected chi connectivity index (χ2v) is 4.99. The van der Waals surface area contributed by atoms with Crippen LogP contribution in [0.4, 0.5) is 0 Å². The maximum Gasteiger partial charge on any atom is 0.0278 e. The predicted octanol–water partition coefficient (Wildman–Crippen LogP) is 3.35. The van der Waals surface area contributed by atoms with Crippen LogP contribution in [-0.4, -0.2) is 12.6 Å². The summed E-state index contributed by atoms with van der Waals surface area (Å²) in [5, 5.41) is 3.60. The first-order valence-corrected chi connectivity index (χ1v) is 6.78. The third-order valence-corrected chi connectivity index (χ3v) is 3.78. The van der Waals surface area contributed by atoms with Gasteiger partial charge in [0.15, 0.2) is 0 Å². The van der Waals surface area contributed by atoms with Crippen molar-refractivity contribution in [1.29, 1.82) is 0 Å². The van der Waals surface area contributed by atoms with Crippen LogP contribution in [0.1, 0.15) is 30.9 Å². The van der Waals surface area contributed by atoms with E-state index in [1.807, 2.05) is 0 Å². The topological polar surface area (TPSA) is 12.0 Å². The molecule has 92 valence electrons. The molecule has 1 aromatic rings. The molecule has 2 rings (SSSR count). The number of hydrogen-bond donors (Lipinski definition) is 1. The molecule has 1 N–H and O–H groups in total. The molecule has 0 spiro atoms. The molecule has 1 heteroatoms. The first-order chi connectivity index (χ1) is 8.35. The van der Waals surface area contributed by atoms with E-state index in [1.54, 1.807) is 5.56 Å². The van der Waals surface area contributed by atoms with E-state index in [4.69, 9.17) is 0 Å². The van der Waals surface area contributed by atoms with E-state index < -0.39 is 0 Å². The van der Waals surface area contributed by atoms with Gasteiger partial charge >= 0.3 is 0 Å². The lowest BCUT2D eigenvalue weighted by molar-refractivity contribution is 0.365. The van der Waals surface area contributed by atoms with Crippen LogP contribution in [0.5, 0.6) is 0 Å². The largest absolute Gasteiger partial charge is 0.310 e. The fourth-order valence-corrected chi connectivity index (χ4v) is 2.79. The van der Waals surface area contributed by atoms with Crippen LogP contribution in [0.3, 0.4) is 0 Å². The highest BCUT2D eigenvalue weighted by atomic mass is 14.9. The molecule has 0 fully saturated rings. The van der Waals surface area contributed by atoms with E-state index in [1.165, 1.54) is 31.2 Å². The predicted molar refractivity (Wildman–Crippen MR) is 74.2 cm³/mol. The van der Waals surface area contributed by atoms with Crippen molar-refractivity contribution in [3.8, 4) is 0 Å². The summed E-state index contributed by atoms with van der Waals surface area (Å²) in [5.74, 6) is 0.717. The Hall–Kier alpha value is -1.08. The number of benzene rings is 1. The van der Waals surface area contributed by atoms with Crippen LogP contribution in [-0.2, 0) is 12.8 Å². The normalized spacial score (nSPS) is 20.6. The van der Waals surface area contributed by atoms with Gasteiger partial charge in [-0.1, -0.05) is 37.3 Å². The van der Waals surface area contributed by atoms with Gasteiger partial charge in [-0.2, -0.15) is 0 Å². The van der Waals surface area contributed by atoms with E-state index in [0.717, 1.165) is 6.54 Å². The van der Waals surface area contributed by atoms with Crippen molar-refractivity contribution in [2.24, 2.45) is 5.92 Å². The van der Waals surface area contributed by atoms with Crippen LogP contribution in [0.25, 0.3) is 0 Å². The lowest BCUT2D eigenvalue weighted by atomic mass is 9.80. The molecular weight excluding hydrogens is 206 g/mol. The fraction of sp³-hybridized carbons (Fsp3) is 0.500. The highest BCUT2D eigenvalue weighted by Crippen LogP contribution is 2.27. The molecule has 1 aromatic carbocycles. The Bertz CT molecular complexity index is 370. The van der Waals surface area contributed by atoms with Gasteiger partial charge in [0, 0.05) is 6.04 Å². The Morgan fingerprint density at radius 3 is 2.88 bits per heavy atom. The van der Waals surface area contributed by atoms with Gasteiger partial charge in [-0.15, -0.1) is 6.58 Å². The molecule has 1 nitrogen and oxygen atoms in total. The summed E-state index contributed by atoms with van der Waals surface area (Å²) in [6, 6.07) is 9.33. The summed E-state index contributed by atoms with van der Waals surface area (Å²) < 4.78 is 0. The van der Waals surface area contributed by atoms with Gasteiger partial charge in [-0.3, -0.25) is 0 Å². The number of aryl methyl sites for hydroxylation is 1. The quantitative estimate of drug-likeness (QED) is 0.764. The Morgan fingerprint density at radius 2 is 2.18 bits per heavy atom. The average molecular weight is 229 g/mol. The molecule has 0 amide bonds. The highest BCUT2D eigenvalue weighted by molar-refractivity contribution is 5.30. The van der Waals surface area contributed by atoms with Crippen molar-refractivity contribution < 1.29 is 0 Å². The average Bonchev–Trinajstić information content (AvgIpc) is 2.39. The highest BCUT2D eigenvalue weighted by Gasteiger charge is 2.23. The zero-order chi connectivity index (χ0) is 12.1. The van der Waals surface area contributed by atoms with Crippen LogP contribution < -0.4 is 5.32 Å². The lowest BCUT2D eigenvalue weighted by Crippen LogP contribution is -2.37. The van der Waals surface area contributed by atoms with Crippen LogP contribution in [0, 0.1) is 5.92 Å². The summed E-state index contributed by atoms with van der Waals surface area (Å²) in [7, 11) is 0. The van der Waals surface area contributed by atoms with Gasteiger partial charge in [0.05, 0.1) is 0 Å². The van der Waals surface area contributed by atoms with Gasteiger partial charge in [-0.25, -0.2) is 0 Å². The van der Waals surface area contributed by atoms with Crippen molar-refractivity contribution in [3.63, 3.8) is 0 Å². The zero-order valence-corrected chi connectivity index (χ0v) is 10.8. The van der Waals surface area contributed by atoms with E-state index in [-0.39, 0.29) is 0 Å². The van der Waals surface area contributed by atoms with Gasteiger partial charge in [0.1, 0.15) is 0 Å². The van der Waals surface area contributed by atoms with Crippen LogP contribution >= 0.6 is 0 Å². The fourth-order valence-electron chi connectivity index (χ4n) is 2.79. The minimum atomic E-state index is 0.475. The summed E-state index contributed by atoms with van der Waals surface area (Å²) >= 11 is 0. The minimum Gasteiger partial charge on any atom is -0.310 e. The Morgan fingerprint density at radius 1 is 1.41 bits per heavy atom. The first kappa shape index (κ1) is 12.4. The van der Waals surface area contributed by atoms with Gasteiger partial charge in [0.2, 0.25) is 0 Å². The third kappa shape index (κ3) is 2.98. The summed E-state index contributed by atoms with van der Waals surface area (Å²) in [6.45, 7) is 7.29. The summed E-state index contributed by atoms with van der Waals surface area (Å²) in [4.78, 5) is 0. The summed E-state index contributed by atoms with van der Waals surface area (Å²) in [6.07, 6.45) is 6.98. The number of nitrogens with one attached hydrogen (secondary N) is 1. The van der Waals surface area contributed by atoms with Gasteiger partial charge in [-0.05, 0) is 49.3 Å². The summed E-state index contributed by atoms with van der Waals surface area (Å²) in [5.41, 5.74) is 3.08.